The van der Waals surface area contributed by atoms with Gasteiger partial charge in [-0.15, -0.1) is 0 Å². The van der Waals surface area contributed by atoms with E-state index in [0.29, 0.717) is 35.4 Å². The highest BCUT2D eigenvalue weighted by Gasteiger charge is 2.47. The number of hydrogen-bond donors (Lipinski definition) is 1. The van der Waals surface area contributed by atoms with Gasteiger partial charge in [-0.05, 0) is 73.5 Å². The molecule has 6 nitrogen and oxygen atoms in total. The Balaban J connectivity index is 0.000000572. The van der Waals surface area contributed by atoms with Gasteiger partial charge in [0.05, 0.1) is 18.2 Å². The summed E-state index contributed by atoms with van der Waals surface area (Å²) < 4.78 is 44.2. The van der Waals surface area contributed by atoms with Crippen LogP contribution >= 0.6 is 0 Å². The average molecular weight is 513 g/mol. The lowest BCUT2D eigenvalue weighted by Gasteiger charge is -2.25. The number of amides is 1. The van der Waals surface area contributed by atoms with Crippen LogP contribution in [0, 0.1) is 6.92 Å². The van der Waals surface area contributed by atoms with Crippen molar-refractivity contribution >= 4 is 22.5 Å². The second kappa shape index (κ2) is 10.3. The van der Waals surface area contributed by atoms with Gasteiger partial charge in [0.15, 0.2) is 0 Å². The zero-order chi connectivity index (χ0) is 26.8. The molecule has 1 fully saturated rings. The highest BCUT2D eigenvalue weighted by Crippen LogP contribution is 2.49. The van der Waals surface area contributed by atoms with Crippen LogP contribution in [-0.2, 0) is 5.54 Å². The number of hydrogen-bond acceptors (Lipinski definition) is 5. The van der Waals surface area contributed by atoms with Gasteiger partial charge in [-0.2, -0.15) is 13.2 Å². The van der Waals surface area contributed by atoms with Gasteiger partial charge in [0.1, 0.15) is 12.3 Å². The van der Waals surface area contributed by atoms with Crippen molar-refractivity contribution in [2.75, 3.05) is 39.2 Å². The Morgan fingerprint density at radius 2 is 1.92 bits per heavy atom. The molecule has 196 valence electrons. The number of aryl methyl sites for hydroxylation is 1. The fraction of sp³-hybridized carbons (Fsp3) is 0.357. The van der Waals surface area contributed by atoms with Gasteiger partial charge in [0.25, 0.3) is 5.91 Å². The fourth-order valence-corrected chi connectivity index (χ4v) is 4.30. The van der Waals surface area contributed by atoms with E-state index in [9.17, 15) is 18.0 Å². The Morgan fingerprint density at radius 3 is 2.49 bits per heavy atom. The topological polar surface area (TPSA) is 57.7 Å². The van der Waals surface area contributed by atoms with Crippen LogP contribution in [0.25, 0.3) is 10.9 Å². The zero-order valence-electron chi connectivity index (χ0n) is 21.4. The van der Waals surface area contributed by atoms with Crippen molar-refractivity contribution in [3.63, 3.8) is 0 Å². The van der Waals surface area contributed by atoms with Crippen LogP contribution in [0.4, 0.5) is 18.9 Å². The molecule has 0 saturated heterocycles. The zero-order valence-corrected chi connectivity index (χ0v) is 21.4. The Bertz CT molecular complexity index is 1320. The van der Waals surface area contributed by atoms with Crippen molar-refractivity contribution in [1.82, 2.24) is 15.2 Å². The van der Waals surface area contributed by atoms with Crippen LogP contribution in [0.2, 0.25) is 0 Å². The first-order valence-corrected chi connectivity index (χ1v) is 12.0. The van der Waals surface area contributed by atoms with Gasteiger partial charge < -0.3 is 19.9 Å². The number of aromatic nitrogens is 1. The molecule has 2 heterocycles. The predicted molar refractivity (Wildman–Crippen MR) is 139 cm³/mol. The number of carbonyl (C=O) groups excluding carboxylic acids is 1. The van der Waals surface area contributed by atoms with Crippen molar-refractivity contribution in [3.8, 4) is 5.75 Å². The molecular weight excluding hydrogens is 481 g/mol. The molecule has 2 aliphatic rings. The molecule has 5 rings (SSSR count). The summed E-state index contributed by atoms with van der Waals surface area (Å²) in [6.07, 6.45) is 2.84. The van der Waals surface area contributed by atoms with Crippen LogP contribution < -0.4 is 15.0 Å². The number of methoxy groups -OCH3 is 1. The van der Waals surface area contributed by atoms with Crippen LogP contribution in [-0.4, -0.2) is 56.3 Å². The lowest BCUT2D eigenvalue weighted by molar-refractivity contribution is -0.119. The van der Waals surface area contributed by atoms with E-state index in [4.69, 9.17) is 4.74 Å². The monoisotopic (exact) mass is 512 g/mol. The Kier molecular flexibility index (Phi) is 7.34. The highest BCUT2D eigenvalue weighted by atomic mass is 19.4. The van der Waals surface area contributed by atoms with Crippen LogP contribution in [0.1, 0.15) is 34.3 Å². The maximum Gasteiger partial charge on any atom is 0.405 e. The second-order valence-electron chi connectivity index (χ2n) is 9.58. The Morgan fingerprint density at radius 1 is 1.22 bits per heavy atom. The third-order valence-corrected chi connectivity index (χ3v) is 6.62. The normalized spacial score (nSPS) is 15.4. The van der Waals surface area contributed by atoms with Crippen molar-refractivity contribution < 1.29 is 22.7 Å². The minimum atomic E-state index is -4.33. The van der Waals surface area contributed by atoms with Crippen molar-refractivity contribution in [2.45, 2.75) is 31.5 Å². The Labute approximate surface area is 214 Å². The fourth-order valence-electron chi connectivity index (χ4n) is 4.30. The minimum Gasteiger partial charge on any atom is -0.497 e. The number of ether oxygens (including phenoxy) is 1. The molecule has 1 aliphatic carbocycles. The van der Waals surface area contributed by atoms with Crippen molar-refractivity contribution in [1.29, 1.82) is 0 Å². The van der Waals surface area contributed by atoms with E-state index >= 15 is 0 Å². The third-order valence-electron chi connectivity index (χ3n) is 6.62. The first-order chi connectivity index (χ1) is 17.5. The van der Waals surface area contributed by atoms with E-state index in [1.807, 2.05) is 19.1 Å². The minimum absolute atomic E-state index is 0.245. The summed E-state index contributed by atoms with van der Waals surface area (Å²) in [5, 5.41) is 3.95. The van der Waals surface area contributed by atoms with E-state index in [-0.39, 0.29) is 5.91 Å². The molecule has 1 saturated carbocycles. The molecule has 0 spiro atoms. The number of anilines is 1. The number of likely N-dealkylation sites (N-methyl/N-ethyl adjacent to an activating group) is 1. The number of carbonyl (C=O) groups is 1. The van der Waals surface area contributed by atoms with E-state index in [1.165, 1.54) is 14.2 Å². The van der Waals surface area contributed by atoms with Crippen LogP contribution in [0.15, 0.2) is 60.9 Å². The van der Waals surface area contributed by atoms with E-state index in [2.05, 4.69) is 34.5 Å². The second-order valence-corrected chi connectivity index (χ2v) is 9.58. The average Bonchev–Trinajstić information content (AvgIpc) is 3.62. The molecule has 1 aromatic heterocycles. The summed E-state index contributed by atoms with van der Waals surface area (Å²) in [7, 11) is 5.00. The number of pyridine rings is 1. The summed E-state index contributed by atoms with van der Waals surface area (Å²) in [5.41, 5.74) is 2.44. The van der Waals surface area contributed by atoms with E-state index in [1.54, 1.807) is 36.5 Å². The Hall–Kier alpha value is -3.75. The summed E-state index contributed by atoms with van der Waals surface area (Å²) >= 11 is 0. The molecule has 2 aromatic carbocycles. The maximum absolute atomic E-state index is 13.2. The largest absolute Gasteiger partial charge is 0.497 e. The molecule has 9 heteroatoms. The number of fused-ring (bicyclic) bond motifs is 1. The molecule has 3 aromatic rings. The molecule has 1 N–H and O–H groups in total. The standard InChI is InChI=1S/C24H24F3N3O2.C4H7N/c1-15-6-7-17(32-3)13-19(15)22(31)29-23(8-9-23)20-11-16(30(2)14-24(25,26)27)12-21-18(20)5-4-10-28-21;1-5-3-2-4-5/h4-7,10-13H,8-9,14H2,1-3H3,(H,29,31);2-3H,4H2,1H3. The SMILES string of the molecule is CN1C=CC1.COc1ccc(C)c(C(=O)NC2(c3cc(N(C)CC(F)(F)F)cc4ncccc34)CC2)c1. The van der Waals surface area contributed by atoms with Crippen molar-refractivity contribution in [2.24, 2.45) is 0 Å². The predicted octanol–water partition coefficient (Wildman–Crippen LogP) is 5.41. The van der Waals surface area contributed by atoms with E-state index in [0.717, 1.165) is 28.0 Å². The first-order valence-electron chi connectivity index (χ1n) is 12.0. The summed E-state index contributed by atoms with van der Waals surface area (Å²) in [4.78, 5) is 20.8. The number of nitrogens with zero attached hydrogens (tertiary/aromatic N) is 3. The van der Waals surface area contributed by atoms with Gasteiger partial charge in [-0.3, -0.25) is 9.78 Å². The van der Waals surface area contributed by atoms with Gasteiger partial charge in [0.2, 0.25) is 0 Å². The number of nitrogens with one attached hydrogen (secondary N) is 1. The summed E-state index contributed by atoms with van der Waals surface area (Å²) in [5.74, 6) is 0.334. The third kappa shape index (κ3) is 6.15. The molecule has 37 heavy (non-hydrogen) atoms. The lowest BCUT2D eigenvalue weighted by Crippen LogP contribution is -2.36. The van der Waals surface area contributed by atoms with E-state index < -0.39 is 18.3 Å². The first kappa shape index (κ1) is 26.3. The van der Waals surface area contributed by atoms with Crippen molar-refractivity contribution in [3.05, 3.63) is 77.6 Å². The van der Waals surface area contributed by atoms with Crippen LogP contribution in [0.5, 0.6) is 5.75 Å². The smallest absolute Gasteiger partial charge is 0.405 e. The number of alkyl halides is 3. The number of benzene rings is 2. The molecule has 1 aliphatic heterocycles. The molecule has 1 amide bonds. The summed E-state index contributed by atoms with van der Waals surface area (Å²) in [6, 6.07) is 12.4. The number of rotatable bonds is 6. The maximum atomic E-state index is 13.2. The lowest BCUT2D eigenvalue weighted by atomic mass is 9.97. The van der Waals surface area contributed by atoms with Gasteiger partial charge in [-0.25, -0.2) is 0 Å². The molecule has 0 unspecified atom stereocenters. The van der Waals surface area contributed by atoms with Gasteiger partial charge in [-0.1, -0.05) is 12.1 Å². The van der Waals surface area contributed by atoms with Gasteiger partial charge in [0, 0.05) is 43.5 Å². The van der Waals surface area contributed by atoms with Crippen LogP contribution in [0.3, 0.4) is 0 Å². The molecule has 0 bridgehead atoms. The highest BCUT2D eigenvalue weighted by molar-refractivity contribution is 5.97. The summed E-state index contributed by atoms with van der Waals surface area (Å²) in [6.45, 7) is 1.91. The molecule has 0 atom stereocenters. The molecule has 0 radical (unpaired) electrons. The van der Waals surface area contributed by atoms with Gasteiger partial charge >= 0.3 is 6.18 Å². The quantitative estimate of drug-likeness (QED) is 0.478. The molecular formula is C28H31F3N4O2. The number of halogens is 3.